The van der Waals surface area contributed by atoms with Crippen LogP contribution in [0.4, 0.5) is 5.95 Å². The second-order valence-corrected chi connectivity index (χ2v) is 10.6. The van der Waals surface area contributed by atoms with E-state index in [1.807, 2.05) is 17.5 Å². The smallest absolute Gasteiger partial charge is 0.308 e. The number of carbonyl (C=O) groups is 3. The van der Waals surface area contributed by atoms with Crippen LogP contribution in [0.3, 0.4) is 0 Å². The molecule has 1 aliphatic rings. The Hall–Kier alpha value is -3.38. The highest BCUT2D eigenvalue weighted by atomic mass is 32.1. The van der Waals surface area contributed by atoms with Gasteiger partial charge in [0.05, 0.1) is 23.0 Å². The molecule has 0 saturated carbocycles. The van der Waals surface area contributed by atoms with Gasteiger partial charge in [-0.15, -0.1) is 11.3 Å². The Morgan fingerprint density at radius 1 is 1.18 bits per heavy atom. The Morgan fingerprint density at radius 2 is 1.95 bits per heavy atom. The lowest BCUT2D eigenvalue weighted by molar-refractivity contribution is -0.162. The minimum absolute atomic E-state index is 0.116. The number of carbonyl (C=O) groups excluding carboxylic acids is 3. The van der Waals surface area contributed by atoms with Gasteiger partial charge in [0, 0.05) is 15.1 Å². The number of anilines is 1. The van der Waals surface area contributed by atoms with E-state index in [1.54, 1.807) is 38.6 Å². The van der Waals surface area contributed by atoms with Gasteiger partial charge in [-0.3, -0.25) is 24.3 Å². The summed E-state index contributed by atoms with van der Waals surface area (Å²) in [7, 11) is 0. The first-order valence-corrected chi connectivity index (χ1v) is 13.2. The van der Waals surface area contributed by atoms with E-state index in [2.05, 4.69) is 20.3 Å². The van der Waals surface area contributed by atoms with E-state index in [9.17, 15) is 14.4 Å². The summed E-state index contributed by atoms with van der Waals surface area (Å²) in [5, 5.41) is 4.67. The molecule has 5 atom stereocenters. The number of thiophene rings is 1. The summed E-state index contributed by atoms with van der Waals surface area (Å²) in [6, 6.07) is 3.79. The molecule has 0 aliphatic carbocycles. The molecule has 0 radical (unpaired) electrons. The van der Waals surface area contributed by atoms with Crippen molar-refractivity contribution in [1.29, 1.82) is 0 Å². The molecule has 11 nitrogen and oxygen atoms in total. The summed E-state index contributed by atoms with van der Waals surface area (Å²) in [5.74, 6) is -2.72. The van der Waals surface area contributed by atoms with E-state index >= 15 is 0 Å². The molecule has 3 unspecified atom stereocenters. The second kappa shape index (κ2) is 11.6. The molecule has 1 saturated heterocycles. The molecule has 4 rings (SSSR count). The number of esters is 2. The number of amides is 1. The molecule has 1 aliphatic heterocycles. The van der Waals surface area contributed by atoms with E-state index in [1.165, 1.54) is 11.3 Å². The van der Waals surface area contributed by atoms with Crippen LogP contribution in [0.15, 0.2) is 23.8 Å². The van der Waals surface area contributed by atoms with Crippen LogP contribution in [0.5, 0.6) is 0 Å². The number of imidazole rings is 1. The maximum absolute atomic E-state index is 12.5. The Kier molecular flexibility index (Phi) is 7.59. The maximum atomic E-state index is 12.5. The zero-order chi connectivity index (χ0) is 29.0. The number of nitrogens with zero attached hydrogens (tertiary/aromatic N) is 4. The molecule has 1 fully saturated rings. The lowest BCUT2D eigenvalue weighted by Crippen LogP contribution is -2.33. The Labute approximate surface area is 227 Å². The Bertz CT molecular complexity index is 1350. The zero-order valence-electron chi connectivity index (χ0n) is 23.7. The number of hydrogen-bond donors (Lipinski definition) is 1. The largest absolute Gasteiger partial charge is 0.463 e. The van der Waals surface area contributed by atoms with Crippen LogP contribution in [0.1, 0.15) is 56.9 Å². The molecule has 0 spiro atoms. The molecule has 12 heteroatoms. The van der Waals surface area contributed by atoms with Gasteiger partial charge in [0.25, 0.3) is 0 Å². The Morgan fingerprint density at radius 3 is 2.63 bits per heavy atom. The van der Waals surface area contributed by atoms with Crippen LogP contribution in [-0.4, -0.2) is 56.2 Å². The zero-order valence-corrected chi connectivity index (χ0v) is 22.6. The maximum Gasteiger partial charge on any atom is 0.308 e. The van der Waals surface area contributed by atoms with Crippen molar-refractivity contribution >= 4 is 46.3 Å². The van der Waals surface area contributed by atoms with Gasteiger partial charge in [-0.2, -0.15) is 4.98 Å². The molecule has 3 aromatic rings. The van der Waals surface area contributed by atoms with Crippen LogP contribution < -0.4 is 5.32 Å². The van der Waals surface area contributed by atoms with Crippen molar-refractivity contribution in [3.8, 4) is 10.6 Å². The molecule has 4 heterocycles. The Balaban J connectivity index is 1.67. The number of ether oxygens (including phenoxy) is 3. The lowest BCUT2D eigenvalue weighted by Gasteiger charge is -2.20. The van der Waals surface area contributed by atoms with E-state index in [0.29, 0.717) is 16.9 Å². The summed E-state index contributed by atoms with van der Waals surface area (Å²) in [5.41, 5.74) is 1.47. The second-order valence-electron chi connectivity index (χ2n) is 9.61. The van der Waals surface area contributed by atoms with Crippen molar-refractivity contribution < 1.29 is 31.3 Å². The molecule has 3 aromatic heterocycles. The number of fused-ring (bicyclic) bond motifs is 1. The highest BCUT2D eigenvalue weighted by Crippen LogP contribution is 2.36. The predicted octanol–water partition coefficient (Wildman–Crippen LogP) is 4.20. The van der Waals surface area contributed by atoms with Gasteiger partial charge >= 0.3 is 11.9 Å². The van der Waals surface area contributed by atoms with Crippen molar-refractivity contribution in [3.63, 3.8) is 0 Å². The average molecular weight is 546 g/mol. The normalized spacial score (nSPS) is 21.6. The van der Waals surface area contributed by atoms with Crippen molar-refractivity contribution in [2.24, 2.45) is 17.8 Å². The SMILES string of the molecule is [2H]CC(C)C(=O)OC[C@H]1OC(n2cnc3c(-c4cccs4)nc(NC(=O)C(C)C)nc32)C[C@@H]1OC(=O)C(C)C[2H]. The molecular formula is C26H33N5O6S. The topological polar surface area (TPSA) is 135 Å². The molecule has 38 heavy (non-hydrogen) atoms. The van der Waals surface area contributed by atoms with Gasteiger partial charge in [-0.25, -0.2) is 9.97 Å². The fraction of sp³-hybridized carbons (Fsp3) is 0.538. The summed E-state index contributed by atoms with van der Waals surface area (Å²) in [4.78, 5) is 51.7. The van der Waals surface area contributed by atoms with Crippen LogP contribution in [0.2, 0.25) is 0 Å². The van der Waals surface area contributed by atoms with Gasteiger partial charge in [-0.1, -0.05) is 47.6 Å². The fourth-order valence-electron chi connectivity index (χ4n) is 3.74. The summed E-state index contributed by atoms with van der Waals surface area (Å²) in [6.45, 7) is 6.32. The van der Waals surface area contributed by atoms with Gasteiger partial charge in [0.15, 0.2) is 5.65 Å². The van der Waals surface area contributed by atoms with Crippen molar-refractivity contribution in [3.05, 3.63) is 23.8 Å². The van der Waals surface area contributed by atoms with E-state index < -0.39 is 42.2 Å². The monoisotopic (exact) mass is 545 g/mol. The summed E-state index contributed by atoms with van der Waals surface area (Å²) >= 11 is 1.47. The average Bonchev–Trinajstić information content (AvgIpc) is 3.70. The lowest BCUT2D eigenvalue weighted by atomic mass is 10.1. The first-order valence-electron chi connectivity index (χ1n) is 13.7. The number of nitrogens with one attached hydrogen (secondary N) is 1. The van der Waals surface area contributed by atoms with Crippen LogP contribution >= 0.6 is 11.3 Å². The number of hydrogen-bond acceptors (Lipinski definition) is 10. The molecule has 204 valence electrons. The highest BCUT2D eigenvalue weighted by molar-refractivity contribution is 7.13. The van der Waals surface area contributed by atoms with Gasteiger partial charge in [0.2, 0.25) is 11.9 Å². The van der Waals surface area contributed by atoms with Crippen molar-refractivity contribution in [2.45, 2.75) is 66.4 Å². The molecule has 0 bridgehead atoms. The first kappa shape index (κ1) is 24.9. The van der Waals surface area contributed by atoms with Gasteiger partial charge < -0.3 is 14.2 Å². The van der Waals surface area contributed by atoms with E-state index in [0.717, 1.165) is 4.88 Å². The quantitative estimate of drug-likeness (QED) is 0.392. The first-order chi connectivity index (χ1) is 19.1. The van der Waals surface area contributed by atoms with Gasteiger partial charge in [-0.05, 0) is 11.4 Å². The van der Waals surface area contributed by atoms with Crippen molar-refractivity contribution in [1.82, 2.24) is 19.5 Å². The van der Waals surface area contributed by atoms with Crippen molar-refractivity contribution in [2.75, 3.05) is 11.9 Å². The molecule has 0 aromatic carbocycles. The third kappa shape index (κ3) is 6.02. The van der Waals surface area contributed by atoms with Crippen LogP contribution in [0, 0.1) is 17.8 Å². The highest BCUT2D eigenvalue weighted by Gasteiger charge is 2.41. The molecule has 1 N–H and O–H groups in total. The predicted molar refractivity (Wildman–Crippen MR) is 141 cm³/mol. The molecule has 1 amide bonds. The van der Waals surface area contributed by atoms with Crippen LogP contribution in [0.25, 0.3) is 21.7 Å². The molecular weight excluding hydrogens is 510 g/mol. The van der Waals surface area contributed by atoms with E-state index in [4.69, 9.17) is 17.0 Å². The third-order valence-electron chi connectivity index (χ3n) is 5.89. The number of rotatable bonds is 9. The standard InChI is InChI=1S/C26H33N5O6S/c1-13(2)23(32)30-26-28-20(18-8-7-9-38-18)21-22(29-26)31(12-27-21)19-10-16(37-25(34)15(5)6)17(36-19)11-35-24(33)14(3)4/h7-9,12-17,19H,10-11H2,1-6H3,(H,28,29,30,32)/t16-,17+,19?/m0/s1/i3D,5D/t14?,15?,16-,17+,19?. The summed E-state index contributed by atoms with van der Waals surface area (Å²) in [6.07, 6.45) is -0.473. The fourth-order valence-corrected chi connectivity index (χ4v) is 4.45. The summed E-state index contributed by atoms with van der Waals surface area (Å²) < 4.78 is 33.9. The van der Waals surface area contributed by atoms with Crippen LogP contribution in [-0.2, 0) is 28.6 Å². The third-order valence-corrected chi connectivity index (χ3v) is 6.76. The number of aromatic nitrogens is 4. The van der Waals surface area contributed by atoms with Gasteiger partial charge in [0.1, 0.15) is 36.3 Å². The van der Waals surface area contributed by atoms with E-state index in [-0.39, 0.29) is 44.6 Å². The minimum atomic E-state index is -0.787. The minimum Gasteiger partial charge on any atom is -0.463 e.